The standard InChI is InChI=1S/C36H39F2N9O6/c1-43-13-11-29(42-43)41-30-18-26-23(20-40-30)17-25(32-33(37)27(52-4)19-28(53-5)34(32)38)36(49)45(26)24-9-14-44(15-10-24)31(48)7-6-16-47(2,3)21-22-8-12-39-35(22)46(50)51/h6-7,11-13,17-20,24H,8-10,14-16,21H2,1-5H3/p+1/b7-6+. The van der Waals surface area contributed by atoms with Gasteiger partial charge in [-0.3, -0.25) is 14.3 Å². The van der Waals surface area contributed by atoms with Crippen molar-refractivity contribution in [1.29, 1.82) is 0 Å². The number of ether oxygens (including phenoxy) is 2. The second-order valence-corrected chi connectivity index (χ2v) is 13.6. The van der Waals surface area contributed by atoms with Crippen LogP contribution in [0.1, 0.15) is 25.3 Å². The van der Waals surface area contributed by atoms with Gasteiger partial charge in [-0.2, -0.15) is 5.10 Å². The predicted molar refractivity (Wildman–Crippen MR) is 194 cm³/mol. The number of hydrogen-bond donors (Lipinski definition) is 1. The summed E-state index contributed by atoms with van der Waals surface area (Å²) in [5, 5.41) is 19.2. The number of likely N-dealkylation sites (N-methyl/N-ethyl adjacent to an activating group) is 1. The van der Waals surface area contributed by atoms with Crippen LogP contribution < -0.4 is 20.3 Å². The van der Waals surface area contributed by atoms with Crippen molar-refractivity contribution in [1.82, 2.24) is 24.2 Å². The summed E-state index contributed by atoms with van der Waals surface area (Å²) in [5.41, 5.74) is -0.323. The summed E-state index contributed by atoms with van der Waals surface area (Å²) in [7, 11) is 8.09. The molecule has 278 valence electrons. The van der Waals surface area contributed by atoms with Crippen LogP contribution in [-0.2, 0) is 11.8 Å². The van der Waals surface area contributed by atoms with E-state index in [1.54, 1.807) is 41.0 Å². The summed E-state index contributed by atoms with van der Waals surface area (Å²) in [6.45, 7) is 1.50. The minimum Gasteiger partial charge on any atom is -0.494 e. The Labute approximate surface area is 303 Å². The van der Waals surface area contributed by atoms with Gasteiger partial charge in [0, 0.05) is 74.7 Å². The molecule has 6 rings (SSSR count). The molecule has 1 amide bonds. The number of likely N-dealkylation sites (tertiary alicyclic amines) is 1. The van der Waals surface area contributed by atoms with Gasteiger partial charge >= 0.3 is 5.82 Å². The number of carbonyl (C=O) groups excluding carboxylic acids is 1. The molecule has 0 spiro atoms. The van der Waals surface area contributed by atoms with Crippen LogP contribution in [0, 0.1) is 21.7 Å². The maximum Gasteiger partial charge on any atom is 0.368 e. The molecule has 2 aliphatic heterocycles. The Hall–Kier alpha value is -5.97. The fourth-order valence-electron chi connectivity index (χ4n) is 6.78. The van der Waals surface area contributed by atoms with E-state index in [1.807, 2.05) is 14.1 Å². The van der Waals surface area contributed by atoms with Gasteiger partial charge in [0.05, 0.1) is 57.1 Å². The molecule has 2 aliphatic rings. The Kier molecular flexibility index (Phi) is 10.4. The molecule has 53 heavy (non-hydrogen) atoms. The van der Waals surface area contributed by atoms with Crippen molar-refractivity contribution in [2.75, 3.05) is 59.8 Å². The van der Waals surface area contributed by atoms with Gasteiger partial charge in [0.2, 0.25) is 5.91 Å². The zero-order valence-corrected chi connectivity index (χ0v) is 30.0. The zero-order valence-electron chi connectivity index (χ0n) is 30.0. The lowest BCUT2D eigenvalue weighted by molar-refractivity contribution is -0.880. The van der Waals surface area contributed by atoms with E-state index in [-0.39, 0.29) is 28.8 Å². The number of hydrogen-bond acceptors (Lipinski definition) is 10. The van der Waals surface area contributed by atoms with Crippen LogP contribution in [0.4, 0.5) is 20.4 Å². The third-order valence-electron chi connectivity index (χ3n) is 9.39. The zero-order chi connectivity index (χ0) is 38.0. The Morgan fingerprint density at radius 3 is 2.43 bits per heavy atom. The lowest BCUT2D eigenvalue weighted by Crippen LogP contribution is -2.42. The van der Waals surface area contributed by atoms with Crippen LogP contribution in [0.25, 0.3) is 22.0 Å². The van der Waals surface area contributed by atoms with Crippen LogP contribution >= 0.6 is 0 Å². The molecule has 1 aromatic carbocycles. The maximum absolute atomic E-state index is 15.8. The van der Waals surface area contributed by atoms with Crippen LogP contribution in [-0.4, -0.2) is 100 Å². The highest BCUT2D eigenvalue weighted by atomic mass is 19.1. The number of piperidine rings is 1. The number of quaternary nitrogens is 1. The van der Waals surface area contributed by atoms with Crippen LogP contribution in [0.15, 0.2) is 70.0 Å². The van der Waals surface area contributed by atoms with Gasteiger partial charge in [-0.05, 0) is 29.9 Å². The van der Waals surface area contributed by atoms with Gasteiger partial charge in [0.25, 0.3) is 5.56 Å². The molecule has 1 N–H and O–H groups in total. The molecule has 0 aliphatic carbocycles. The first-order chi connectivity index (χ1) is 25.3. The van der Waals surface area contributed by atoms with E-state index in [9.17, 15) is 19.7 Å². The van der Waals surface area contributed by atoms with Crippen molar-refractivity contribution >= 4 is 34.7 Å². The normalized spacial score (nSPS) is 15.2. The number of nitrogens with one attached hydrogen (secondary N) is 1. The number of benzene rings is 1. The van der Waals surface area contributed by atoms with Crippen molar-refractivity contribution in [2.24, 2.45) is 12.0 Å². The predicted octanol–water partition coefficient (Wildman–Crippen LogP) is 4.59. The molecule has 0 bridgehead atoms. The van der Waals surface area contributed by atoms with Crippen LogP contribution in [0.3, 0.4) is 0 Å². The Bertz CT molecular complexity index is 2210. The Balaban J connectivity index is 1.28. The first kappa shape index (κ1) is 36.8. The fourth-order valence-corrected chi connectivity index (χ4v) is 6.78. The molecule has 5 heterocycles. The van der Waals surface area contributed by atoms with Crippen LogP contribution in [0.5, 0.6) is 11.5 Å². The topological polar surface area (TPSA) is 159 Å². The SMILES string of the molecule is COc1cc(OC)c(F)c(-c2cc3cnc(Nc4ccn(C)n4)cc3n(C3CCN(C(=O)/C=C/C[N+](C)(C)CC4=C([N+](=O)[O-])N=CC4)CC3)c2=O)c1F. The molecule has 0 saturated carbocycles. The molecule has 1 saturated heterocycles. The molecule has 1 fully saturated rings. The summed E-state index contributed by atoms with van der Waals surface area (Å²) in [6, 6.07) is 5.51. The molecule has 0 radical (unpaired) electrons. The highest BCUT2D eigenvalue weighted by Gasteiger charge is 2.31. The molecular weight excluding hydrogens is 692 g/mol. The van der Waals surface area contributed by atoms with Crippen molar-refractivity contribution in [3.63, 3.8) is 0 Å². The average Bonchev–Trinajstić information content (AvgIpc) is 3.76. The maximum atomic E-state index is 15.8. The van der Waals surface area contributed by atoms with Crippen LogP contribution in [0.2, 0.25) is 0 Å². The summed E-state index contributed by atoms with van der Waals surface area (Å²) in [6.07, 6.45) is 9.26. The van der Waals surface area contributed by atoms with Crippen molar-refractivity contribution in [3.05, 3.63) is 92.3 Å². The monoisotopic (exact) mass is 732 g/mol. The molecular formula is C36H40F2N9O6+. The number of nitrogens with zero attached hydrogens (tertiary/aromatic N) is 8. The van der Waals surface area contributed by atoms with E-state index >= 15 is 8.78 Å². The molecule has 15 nitrogen and oxygen atoms in total. The van der Waals surface area contributed by atoms with Gasteiger partial charge in [0.15, 0.2) is 29.0 Å². The molecule has 3 aromatic heterocycles. The largest absolute Gasteiger partial charge is 0.494 e. The lowest BCUT2D eigenvalue weighted by atomic mass is 9.99. The van der Waals surface area contributed by atoms with Crippen molar-refractivity contribution < 1.29 is 32.5 Å². The fraction of sp³-hybridized carbons (Fsp3) is 0.361. The third-order valence-corrected chi connectivity index (χ3v) is 9.39. The van der Waals surface area contributed by atoms with Crippen molar-refractivity contribution in [2.45, 2.75) is 25.3 Å². The number of amides is 1. The number of carbonyl (C=O) groups is 1. The summed E-state index contributed by atoms with van der Waals surface area (Å²) < 4.78 is 45.4. The Morgan fingerprint density at radius 2 is 1.81 bits per heavy atom. The number of nitro groups is 1. The second kappa shape index (κ2) is 14.9. The van der Waals surface area contributed by atoms with E-state index in [0.717, 1.165) is 6.07 Å². The molecule has 4 aromatic rings. The third kappa shape index (κ3) is 7.65. The van der Waals surface area contributed by atoms with Crippen molar-refractivity contribution in [3.8, 4) is 22.6 Å². The number of aromatic nitrogens is 4. The number of rotatable bonds is 12. The molecule has 0 unspecified atom stereocenters. The number of anilines is 2. The summed E-state index contributed by atoms with van der Waals surface area (Å²) in [5.74, 6) is -2.05. The van der Waals surface area contributed by atoms with Gasteiger partial charge in [-0.1, -0.05) is 4.99 Å². The summed E-state index contributed by atoms with van der Waals surface area (Å²) in [4.78, 5) is 48.6. The molecule has 17 heteroatoms. The van der Waals surface area contributed by atoms with E-state index in [4.69, 9.17) is 9.47 Å². The number of aryl methyl sites for hydroxylation is 1. The van der Waals surface area contributed by atoms with Gasteiger partial charge in [0.1, 0.15) is 18.6 Å². The lowest BCUT2D eigenvalue weighted by Gasteiger charge is -2.33. The highest BCUT2D eigenvalue weighted by molar-refractivity contribution is 5.88. The quantitative estimate of drug-likeness (QED) is 0.0952. The number of fused-ring (bicyclic) bond motifs is 1. The first-order valence-electron chi connectivity index (χ1n) is 16.9. The Morgan fingerprint density at radius 1 is 1.11 bits per heavy atom. The number of methoxy groups -OCH3 is 2. The van der Waals surface area contributed by atoms with E-state index in [1.165, 1.54) is 43.3 Å². The average molecular weight is 733 g/mol. The highest BCUT2D eigenvalue weighted by Crippen LogP contribution is 2.38. The minimum absolute atomic E-state index is 0.119. The smallest absolute Gasteiger partial charge is 0.368 e. The second-order valence-electron chi connectivity index (χ2n) is 13.6. The summed E-state index contributed by atoms with van der Waals surface area (Å²) >= 11 is 0. The number of pyridine rings is 2. The number of aliphatic imine (C=N–C) groups is 1. The van der Waals surface area contributed by atoms with Gasteiger partial charge in [-0.25, -0.2) is 13.8 Å². The van der Waals surface area contributed by atoms with E-state index < -0.39 is 33.7 Å². The van der Waals surface area contributed by atoms with Gasteiger partial charge < -0.3 is 38.9 Å². The first-order valence-corrected chi connectivity index (χ1v) is 16.9. The number of halogens is 2. The minimum atomic E-state index is -1.05. The molecule has 0 atom stereocenters. The van der Waals surface area contributed by atoms with E-state index in [2.05, 4.69) is 20.4 Å². The van der Waals surface area contributed by atoms with E-state index in [0.29, 0.717) is 78.0 Å². The van der Waals surface area contributed by atoms with Gasteiger partial charge in [-0.15, -0.1) is 0 Å².